The standard InChI is InChI=1S/C15H10F3N3O2/c1-23-9-3-4-10-11(6-9)20-14(21-13(10)22)15(17,18)12-5-2-8(16)7-19-12/h2-7H,1H3,(H,20,21,22). The summed E-state index contributed by atoms with van der Waals surface area (Å²) in [5.74, 6) is -4.91. The predicted octanol–water partition coefficient (Wildman–Crippen LogP) is 2.61. The van der Waals surface area contributed by atoms with Gasteiger partial charge in [-0.15, -0.1) is 0 Å². The second-order valence-electron chi connectivity index (χ2n) is 4.73. The summed E-state index contributed by atoms with van der Waals surface area (Å²) in [6.45, 7) is 0. The van der Waals surface area contributed by atoms with E-state index in [0.717, 1.165) is 12.1 Å². The smallest absolute Gasteiger partial charge is 0.346 e. The molecule has 3 rings (SSSR count). The van der Waals surface area contributed by atoms with Gasteiger partial charge in [-0.1, -0.05) is 0 Å². The van der Waals surface area contributed by atoms with Crippen molar-refractivity contribution in [1.29, 1.82) is 0 Å². The number of ether oxygens (including phenoxy) is 1. The van der Waals surface area contributed by atoms with Crippen LogP contribution in [0.2, 0.25) is 0 Å². The Morgan fingerprint density at radius 3 is 2.65 bits per heavy atom. The second-order valence-corrected chi connectivity index (χ2v) is 4.73. The molecule has 118 valence electrons. The molecule has 0 fully saturated rings. The monoisotopic (exact) mass is 321 g/mol. The molecule has 0 radical (unpaired) electrons. The molecule has 0 saturated carbocycles. The van der Waals surface area contributed by atoms with Gasteiger partial charge in [-0.3, -0.25) is 9.78 Å². The Balaban J connectivity index is 2.18. The minimum absolute atomic E-state index is 0.0601. The fourth-order valence-electron chi connectivity index (χ4n) is 2.08. The van der Waals surface area contributed by atoms with Gasteiger partial charge in [0.05, 0.1) is 24.2 Å². The molecule has 1 N–H and O–H groups in total. The summed E-state index contributed by atoms with van der Waals surface area (Å²) in [5, 5.41) is 0.150. The van der Waals surface area contributed by atoms with Gasteiger partial charge >= 0.3 is 5.92 Å². The molecule has 0 spiro atoms. The normalized spacial score (nSPS) is 11.7. The van der Waals surface area contributed by atoms with E-state index in [1.165, 1.54) is 25.3 Å². The molecule has 5 nitrogen and oxygen atoms in total. The highest BCUT2D eigenvalue weighted by Gasteiger charge is 2.39. The maximum Gasteiger partial charge on any atom is 0.346 e. The lowest BCUT2D eigenvalue weighted by atomic mass is 10.1. The largest absolute Gasteiger partial charge is 0.497 e. The van der Waals surface area contributed by atoms with E-state index in [2.05, 4.69) is 9.97 Å². The van der Waals surface area contributed by atoms with Gasteiger partial charge in [0, 0.05) is 6.07 Å². The van der Waals surface area contributed by atoms with E-state index in [1.807, 2.05) is 4.98 Å². The highest BCUT2D eigenvalue weighted by Crippen LogP contribution is 2.32. The van der Waals surface area contributed by atoms with Gasteiger partial charge in [0.25, 0.3) is 5.56 Å². The van der Waals surface area contributed by atoms with Crippen LogP contribution in [0.5, 0.6) is 5.75 Å². The number of alkyl halides is 2. The van der Waals surface area contributed by atoms with E-state index < -0.39 is 28.8 Å². The van der Waals surface area contributed by atoms with E-state index >= 15 is 0 Å². The highest BCUT2D eigenvalue weighted by molar-refractivity contribution is 5.79. The molecule has 1 aromatic carbocycles. The second kappa shape index (κ2) is 5.38. The molecule has 2 aromatic heterocycles. The number of benzene rings is 1. The Morgan fingerprint density at radius 2 is 2.00 bits per heavy atom. The SMILES string of the molecule is COc1ccc2c(=O)[nH]c(C(F)(F)c3ccc(F)cn3)nc2c1. The van der Waals surface area contributed by atoms with Crippen LogP contribution in [0, 0.1) is 5.82 Å². The number of nitrogens with zero attached hydrogens (tertiary/aromatic N) is 2. The van der Waals surface area contributed by atoms with Gasteiger partial charge in [0.1, 0.15) is 17.3 Å². The average Bonchev–Trinajstić information content (AvgIpc) is 2.54. The van der Waals surface area contributed by atoms with Gasteiger partial charge < -0.3 is 9.72 Å². The van der Waals surface area contributed by atoms with E-state index in [-0.39, 0.29) is 10.9 Å². The molecule has 0 aliphatic rings. The molecule has 8 heteroatoms. The van der Waals surface area contributed by atoms with Crippen LogP contribution in [-0.4, -0.2) is 22.1 Å². The molecular weight excluding hydrogens is 311 g/mol. The molecule has 2 heterocycles. The Bertz CT molecular complexity index is 923. The lowest BCUT2D eigenvalue weighted by Gasteiger charge is -2.15. The Morgan fingerprint density at radius 1 is 1.22 bits per heavy atom. The zero-order valence-corrected chi connectivity index (χ0v) is 11.8. The highest BCUT2D eigenvalue weighted by atomic mass is 19.3. The van der Waals surface area contributed by atoms with Crippen LogP contribution in [0.25, 0.3) is 10.9 Å². The summed E-state index contributed by atoms with van der Waals surface area (Å²) in [7, 11) is 1.41. The quantitative estimate of drug-likeness (QED) is 0.805. The summed E-state index contributed by atoms with van der Waals surface area (Å²) < 4.78 is 46.8. The molecule has 3 aromatic rings. The first-order valence-electron chi connectivity index (χ1n) is 6.50. The number of aromatic amines is 1. The van der Waals surface area contributed by atoms with Crippen molar-refractivity contribution in [3.05, 3.63) is 64.2 Å². The van der Waals surface area contributed by atoms with Gasteiger partial charge in [-0.25, -0.2) is 9.37 Å². The zero-order chi connectivity index (χ0) is 16.6. The van der Waals surface area contributed by atoms with E-state index in [0.29, 0.717) is 11.9 Å². The molecule has 0 aliphatic carbocycles. The molecule has 0 atom stereocenters. The van der Waals surface area contributed by atoms with Crippen LogP contribution < -0.4 is 10.3 Å². The van der Waals surface area contributed by atoms with Crippen molar-refractivity contribution in [3.63, 3.8) is 0 Å². The summed E-state index contributed by atoms with van der Waals surface area (Å²) in [4.78, 5) is 21.2. The third-order valence-electron chi connectivity index (χ3n) is 3.26. The Kier molecular flexibility index (Phi) is 3.51. The topological polar surface area (TPSA) is 67.9 Å². The minimum atomic E-state index is -3.68. The number of fused-ring (bicyclic) bond motifs is 1. The third kappa shape index (κ3) is 2.63. The van der Waals surface area contributed by atoms with E-state index in [1.54, 1.807) is 0 Å². The van der Waals surface area contributed by atoms with Crippen molar-refractivity contribution in [2.45, 2.75) is 5.92 Å². The van der Waals surface area contributed by atoms with Gasteiger partial charge in [-0.05, 0) is 24.3 Å². The molecule has 0 bridgehead atoms. The number of rotatable bonds is 3. The molecule has 23 heavy (non-hydrogen) atoms. The van der Waals surface area contributed by atoms with Crippen molar-refractivity contribution in [2.24, 2.45) is 0 Å². The maximum absolute atomic E-state index is 14.5. The van der Waals surface area contributed by atoms with Crippen LogP contribution in [0.4, 0.5) is 13.2 Å². The number of aromatic nitrogens is 3. The van der Waals surface area contributed by atoms with Crippen LogP contribution in [-0.2, 0) is 5.92 Å². The van der Waals surface area contributed by atoms with E-state index in [4.69, 9.17) is 4.74 Å². The first kappa shape index (κ1) is 15.0. The molecule has 0 saturated heterocycles. The number of pyridine rings is 1. The first-order chi connectivity index (χ1) is 10.9. The zero-order valence-electron chi connectivity index (χ0n) is 11.8. The molecular formula is C15H10F3N3O2. The van der Waals surface area contributed by atoms with Crippen LogP contribution >= 0.6 is 0 Å². The fraction of sp³-hybridized carbons (Fsp3) is 0.133. The molecule has 0 aliphatic heterocycles. The first-order valence-corrected chi connectivity index (χ1v) is 6.50. The lowest BCUT2D eigenvalue weighted by molar-refractivity contribution is 0.0281. The molecule has 0 amide bonds. The van der Waals surface area contributed by atoms with Crippen molar-refractivity contribution in [3.8, 4) is 5.75 Å². The van der Waals surface area contributed by atoms with Crippen molar-refractivity contribution < 1.29 is 17.9 Å². The summed E-state index contributed by atoms with van der Waals surface area (Å²) in [6.07, 6.45) is 0.672. The van der Waals surface area contributed by atoms with E-state index in [9.17, 15) is 18.0 Å². The maximum atomic E-state index is 14.5. The van der Waals surface area contributed by atoms with Crippen LogP contribution in [0.1, 0.15) is 11.5 Å². The van der Waals surface area contributed by atoms with Crippen LogP contribution in [0.15, 0.2) is 41.3 Å². The minimum Gasteiger partial charge on any atom is -0.497 e. The summed E-state index contributed by atoms with van der Waals surface area (Å²) in [6, 6.07) is 6.03. The summed E-state index contributed by atoms with van der Waals surface area (Å²) in [5.41, 5.74) is -1.37. The molecule has 0 unspecified atom stereocenters. The van der Waals surface area contributed by atoms with Crippen molar-refractivity contribution in [1.82, 2.24) is 15.0 Å². The Hall–Kier alpha value is -2.90. The van der Waals surface area contributed by atoms with Crippen molar-refractivity contribution >= 4 is 10.9 Å². The number of methoxy groups -OCH3 is 1. The van der Waals surface area contributed by atoms with Gasteiger partial charge in [-0.2, -0.15) is 8.78 Å². The third-order valence-corrected chi connectivity index (χ3v) is 3.26. The number of H-pyrrole nitrogens is 1. The number of nitrogens with one attached hydrogen (secondary N) is 1. The predicted molar refractivity (Wildman–Crippen MR) is 76.1 cm³/mol. The number of hydrogen-bond donors (Lipinski definition) is 1. The lowest BCUT2D eigenvalue weighted by Crippen LogP contribution is -2.25. The number of hydrogen-bond acceptors (Lipinski definition) is 4. The van der Waals surface area contributed by atoms with Gasteiger partial charge in [0.2, 0.25) is 0 Å². The summed E-state index contributed by atoms with van der Waals surface area (Å²) >= 11 is 0. The Labute approximate surface area is 127 Å². The van der Waals surface area contributed by atoms with Crippen LogP contribution in [0.3, 0.4) is 0 Å². The van der Waals surface area contributed by atoms with Crippen molar-refractivity contribution in [2.75, 3.05) is 7.11 Å². The number of halogens is 3. The average molecular weight is 321 g/mol. The van der Waals surface area contributed by atoms with Gasteiger partial charge in [0.15, 0.2) is 5.82 Å². The fourth-order valence-corrected chi connectivity index (χ4v) is 2.08.